The van der Waals surface area contributed by atoms with Crippen molar-refractivity contribution in [2.75, 3.05) is 5.73 Å². The van der Waals surface area contributed by atoms with Gasteiger partial charge in [0.1, 0.15) is 5.52 Å². The largest absolute Gasteiger partial charge is 0.440 e. The highest BCUT2D eigenvalue weighted by molar-refractivity contribution is 5.76. The molecule has 1 aromatic heterocycles. The van der Waals surface area contributed by atoms with Crippen LogP contribution in [-0.4, -0.2) is 4.98 Å². The average molecular weight is 250 g/mol. The number of hydrogen-bond donors (Lipinski definition) is 1. The Bertz CT molecular complexity index is 733. The molecule has 0 bridgehead atoms. The number of aromatic nitrogens is 1. The normalized spacial score (nSPS) is 21.7. The minimum Gasteiger partial charge on any atom is -0.440 e. The zero-order valence-corrected chi connectivity index (χ0v) is 10.4. The molecule has 1 aliphatic rings. The Balaban J connectivity index is 1.66. The van der Waals surface area contributed by atoms with E-state index < -0.39 is 0 Å². The third-order valence-corrected chi connectivity index (χ3v) is 3.76. The maximum Gasteiger partial charge on any atom is 0.199 e. The van der Waals surface area contributed by atoms with E-state index in [2.05, 4.69) is 29.2 Å². The van der Waals surface area contributed by atoms with Crippen molar-refractivity contribution in [2.24, 2.45) is 0 Å². The Labute approximate surface area is 111 Å². The molecule has 2 N–H and O–H groups in total. The van der Waals surface area contributed by atoms with Gasteiger partial charge in [-0.25, -0.2) is 4.98 Å². The lowest BCUT2D eigenvalue weighted by atomic mass is 10.1. The summed E-state index contributed by atoms with van der Waals surface area (Å²) in [6.07, 6.45) is 1.12. The van der Waals surface area contributed by atoms with Gasteiger partial charge in [0.2, 0.25) is 0 Å². The summed E-state index contributed by atoms with van der Waals surface area (Å²) in [5.74, 6) is 1.80. The second kappa shape index (κ2) is 3.85. The molecule has 2 unspecified atom stereocenters. The van der Waals surface area contributed by atoms with Crippen molar-refractivity contribution in [3.05, 3.63) is 60.0 Å². The zero-order valence-electron chi connectivity index (χ0n) is 10.4. The van der Waals surface area contributed by atoms with Crippen LogP contribution in [0.25, 0.3) is 11.1 Å². The lowest BCUT2D eigenvalue weighted by Crippen LogP contribution is -1.83. The fourth-order valence-corrected chi connectivity index (χ4v) is 2.65. The molecule has 94 valence electrons. The molecule has 0 amide bonds. The van der Waals surface area contributed by atoms with Crippen molar-refractivity contribution in [3.8, 4) is 0 Å². The molecule has 3 aromatic rings. The Kier molecular flexibility index (Phi) is 2.15. The zero-order chi connectivity index (χ0) is 12.8. The van der Waals surface area contributed by atoms with E-state index in [1.165, 1.54) is 5.56 Å². The molecule has 2 atom stereocenters. The first-order valence-corrected chi connectivity index (χ1v) is 6.52. The van der Waals surface area contributed by atoms with E-state index in [4.69, 9.17) is 10.2 Å². The van der Waals surface area contributed by atoms with Gasteiger partial charge in [-0.15, -0.1) is 0 Å². The van der Waals surface area contributed by atoms with Crippen molar-refractivity contribution in [3.63, 3.8) is 0 Å². The summed E-state index contributed by atoms with van der Waals surface area (Å²) in [4.78, 5) is 4.57. The van der Waals surface area contributed by atoms with Gasteiger partial charge in [-0.1, -0.05) is 30.3 Å². The molecule has 0 saturated heterocycles. The molecule has 0 spiro atoms. The first-order chi connectivity index (χ1) is 9.31. The smallest absolute Gasteiger partial charge is 0.199 e. The molecule has 1 fully saturated rings. The van der Waals surface area contributed by atoms with Crippen LogP contribution in [0.3, 0.4) is 0 Å². The lowest BCUT2D eigenvalue weighted by Gasteiger charge is -1.96. The van der Waals surface area contributed by atoms with Crippen molar-refractivity contribution >= 4 is 16.8 Å². The summed E-state index contributed by atoms with van der Waals surface area (Å²) in [7, 11) is 0. The fourth-order valence-electron chi connectivity index (χ4n) is 2.65. The van der Waals surface area contributed by atoms with Gasteiger partial charge in [-0.2, -0.15) is 0 Å². The minimum atomic E-state index is 0.413. The van der Waals surface area contributed by atoms with Crippen molar-refractivity contribution in [2.45, 2.75) is 18.3 Å². The predicted molar refractivity (Wildman–Crippen MR) is 75.0 cm³/mol. The topological polar surface area (TPSA) is 52.0 Å². The quantitative estimate of drug-likeness (QED) is 0.706. The fraction of sp³-hybridized carbons (Fsp3) is 0.188. The summed E-state index contributed by atoms with van der Waals surface area (Å²) >= 11 is 0. The number of fused-ring (bicyclic) bond motifs is 1. The molecule has 1 aliphatic carbocycles. The molecule has 0 aliphatic heterocycles. The highest BCUT2D eigenvalue weighted by Gasteiger charge is 2.43. The highest BCUT2D eigenvalue weighted by Crippen LogP contribution is 2.54. The second-order valence-electron chi connectivity index (χ2n) is 5.14. The third kappa shape index (κ3) is 1.78. The molecular weight excluding hydrogens is 236 g/mol. The predicted octanol–water partition coefficient (Wildman–Crippen LogP) is 3.68. The molecular formula is C16H14N2O. The molecule has 19 heavy (non-hydrogen) atoms. The van der Waals surface area contributed by atoms with Gasteiger partial charge in [-0.3, -0.25) is 0 Å². The van der Waals surface area contributed by atoms with Gasteiger partial charge in [-0.05, 0) is 30.0 Å². The number of rotatable bonds is 2. The maximum absolute atomic E-state index is 5.83. The Morgan fingerprint density at radius 2 is 1.89 bits per heavy atom. The summed E-state index contributed by atoms with van der Waals surface area (Å²) in [6, 6.07) is 16.2. The van der Waals surface area contributed by atoms with Crippen LogP contribution in [0.5, 0.6) is 0 Å². The number of benzene rings is 2. The van der Waals surface area contributed by atoms with E-state index in [0.717, 1.165) is 23.4 Å². The maximum atomic E-state index is 5.83. The summed E-state index contributed by atoms with van der Waals surface area (Å²) in [6.45, 7) is 0. The lowest BCUT2D eigenvalue weighted by molar-refractivity contribution is 0.529. The van der Waals surface area contributed by atoms with Crippen molar-refractivity contribution in [1.29, 1.82) is 0 Å². The molecule has 0 radical (unpaired) electrons. The molecule has 2 aromatic carbocycles. The van der Waals surface area contributed by atoms with Gasteiger partial charge >= 0.3 is 0 Å². The van der Waals surface area contributed by atoms with Crippen molar-refractivity contribution < 1.29 is 4.42 Å². The van der Waals surface area contributed by atoms with Crippen LogP contribution in [0.15, 0.2) is 52.9 Å². The Morgan fingerprint density at radius 3 is 2.74 bits per heavy atom. The minimum absolute atomic E-state index is 0.413. The first-order valence-electron chi connectivity index (χ1n) is 6.52. The SMILES string of the molecule is Nc1ccc2nc(C3CC3c3ccccc3)oc2c1. The average Bonchev–Trinajstić information content (AvgIpc) is 3.13. The van der Waals surface area contributed by atoms with Crippen LogP contribution in [0.1, 0.15) is 29.7 Å². The van der Waals surface area contributed by atoms with Gasteiger partial charge in [0.15, 0.2) is 11.5 Å². The summed E-state index contributed by atoms with van der Waals surface area (Å²) in [5.41, 5.74) is 9.52. The third-order valence-electron chi connectivity index (χ3n) is 3.76. The van der Waals surface area contributed by atoms with E-state index >= 15 is 0 Å². The number of hydrogen-bond acceptors (Lipinski definition) is 3. The van der Waals surface area contributed by atoms with Gasteiger partial charge < -0.3 is 10.2 Å². The second-order valence-corrected chi connectivity index (χ2v) is 5.14. The van der Waals surface area contributed by atoms with E-state index in [9.17, 15) is 0 Å². The van der Waals surface area contributed by atoms with Gasteiger partial charge in [0.25, 0.3) is 0 Å². The van der Waals surface area contributed by atoms with Gasteiger partial charge in [0, 0.05) is 17.7 Å². The number of nitrogens with zero attached hydrogens (tertiary/aromatic N) is 1. The van der Waals surface area contributed by atoms with Crippen LogP contribution in [0, 0.1) is 0 Å². The van der Waals surface area contributed by atoms with Crippen LogP contribution >= 0.6 is 0 Å². The molecule has 3 heteroatoms. The first kappa shape index (κ1) is 10.6. The van der Waals surface area contributed by atoms with Gasteiger partial charge in [0.05, 0.1) is 0 Å². The number of nitrogens with two attached hydrogens (primary N) is 1. The monoisotopic (exact) mass is 250 g/mol. The van der Waals surface area contributed by atoms with Crippen LogP contribution in [0.4, 0.5) is 5.69 Å². The van der Waals surface area contributed by atoms with E-state index in [0.29, 0.717) is 17.5 Å². The van der Waals surface area contributed by atoms with E-state index in [1.807, 2.05) is 24.3 Å². The van der Waals surface area contributed by atoms with Crippen LogP contribution in [-0.2, 0) is 0 Å². The van der Waals surface area contributed by atoms with Crippen LogP contribution in [0.2, 0.25) is 0 Å². The van der Waals surface area contributed by atoms with Crippen LogP contribution < -0.4 is 5.73 Å². The van der Waals surface area contributed by atoms with E-state index in [-0.39, 0.29) is 0 Å². The number of anilines is 1. The number of nitrogen functional groups attached to an aromatic ring is 1. The van der Waals surface area contributed by atoms with Crippen molar-refractivity contribution in [1.82, 2.24) is 4.98 Å². The number of oxazole rings is 1. The Morgan fingerprint density at radius 1 is 1.05 bits per heavy atom. The standard InChI is InChI=1S/C16H14N2O/c17-11-6-7-14-15(8-11)19-16(18-14)13-9-12(13)10-4-2-1-3-5-10/h1-8,12-13H,9,17H2. The summed E-state index contributed by atoms with van der Waals surface area (Å²) in [5, 5.41) is 0. The molecule has 1 heterocycles. The Hall–Kier alpha value is -2.29. The molecule has 4 rings (SSSR count). The molecule has 3 nitrogen and oxygen atoms in total. The van der Waals surface area contributed by atoms with E-state index in [1.54, 1.807) is 0 Å². The highest BCUT2D eigenvalue weighted by atomic mass is 16.3. The summed E-state index contributed by atoms with van der Waals surface area (Å²) < 4.78 is 5.83. The molecule has 1 saturated carbocycles.